The molecule has 1 aromatic heterocycles. The van der Waals surface area contributed by atoms with E-state index in [9.17, 15) is 9.00 Å². The van der Waals surface area contributed by atoms with Gasteiger partial charge in [0.15, 0.2) is 0 Å². The third-order valence-electron chi connectivity index (χ3n) is 5.61. The minimum absolute atomic E-state index is 0.0542. The van der Waals surface area contributed by atoms with E-state index in [1.807, 2.05) is 44.2 Å². The molecule has 1 fully saturated rings. The smallest absolute Gasteiger partial charge is 0.256 e. The summed E-state index contributed by atoms with van der Waals surface area (Å²) in [5.41, 5.74) is 2.46. The Morgan fingerprint density at radius 3 is 2.58 bits per heavy atom. The number of pyridine rings is 1. The zero-order chi connectivity index (χ0) is 22.2. The Morgan fingerprint density at radius 2 is 1.97 bits per heavy atom. The molecule has 2 aromatic rings. The average Bonchev–Trinajstić information content (AvgIpc) is 3.60. The van der Waals surface area contributed by atoms with Gasteiger partial charge in [0.25, 0.3) is 5.91 Å². The molecule has 7 heteroatoms. The first-order chi connectivity index (χ1) is 14.8. The molecule has 31 heavy (non-hydrogen) atoms. The zero-order valence-corrected chi connectivity index (χ0v) is 19.7. The van der Waals surface area contributed by atoms with Crippen molar-refractivity contribution in [3.8, 4) is 11.3 Å². The van der Waals surface area contributed by atoms with Gasteiger partial charge in [-0.3, -0.25) is 14.0 Å². The fraction of sp³-hybridized carbons (Fsp3) is 0.292. The number of rotatable bonds is 5. The van der Waals surface area contributed by atoms with E-state index in [4.69, 9.17) is 23.2 Å². The summed E-state index contributed by atoms with van der Waals surface area (Å²) in [5, 5.41) is 3.70. The van der Waals surface area contributed by atoms with E-state index in [2.05, 4.69) is 10.3 Å². The van der Waals surface area contributed by atoms with Crippen molar-refractivity contribution in [1.29, 1.82) is 0 Å². The number of halogens is 2. The summed E-state index contributed by atoms with van der Waals surface area (Å²) in [6.45, 7) is 4.00. The molecule has 162 valence electrons. The van der Waals surface area contributed by atoms with Gasteiger partial charge in [0.1, 0.15) is 0 Å². The molecule has 4 rings (SSSR count). The monoisotopic (exact) mass is 474 g/mol. The second-order valence-corrected chi connectivity index (χ2v) is 12.2. The Hall–Kier alpha value is -2.08. The number of benzene rings is 1. The lowest BCUT2D eigenvalue weighted by atomic mass is 10.1. The second-order valence-electron chi connectivity index (χ2n) is 8.01. The van der Waals surface area contributed by atoms with Gasteiger partial charge in [-0.15, -0.1) is 0 Å². The van der Waals surface area contributed by atoms with Crippen LogP contribution < -0.4 is 5.32 Å². The average molecular weight is 475 g/mol. The van der Waals surface area contributed by atoms with Crippen LogP contribution in [0.1, 0.15) is 33.1 Å². The lowest BCUT2D eigenvalue weighted by Crippen LogP contribution is -2.31. The summed E-state index contributed by atoms with van der Waals surface area (Å²) in [4.78, 5) is 18.4. The van der Waals surface area contributed by atoms with Gasteiger partial charge in [0, 0.05) is 22.7 Å². The molecule has 2 aliphatic carbocycles. The summed E-state index contributed by atoms with van der Waals surface area (Å²) >= 11 is 12.8. The molecule has 1 amide bonds. The predicted molar refractivity (Wildman–Crippen MR) is 131 cm³/mol. The van der Waals surface area contributed by atoms with Gasteiger partial charge in [0.05, 0.1) is 26.6 Å². The number of carbonyl (C=O) groups is 1. The summed E-state index contributed by atoms with van der Waals surface area (Å²) in [5.74, 6) is -0.302. The third-order valence-corrected chi connectivity index (χ3v) is 10.2. The Balaban J connectivity index is 1.54. The molecule has 1 aromatic carbocycles. The Morgan fingerprint density at radius 1 is 1.19 bits per heavy atom. The third kappa shape index (κ3) is 4.45. The van der Waals surface area contributed by atoms with E-state index in [1.54, 1.807) is 24.4 Å². The number of hydrogen-bond acceptors (Lipinski definition) is 3. The standard InChI is InChI=1S/C24H24Cl2N2O2S/c1-15(2)31(30,17-7-8-17)18-9-10-19(22(26)14-18)24(29)28-16-6-11-21(25)20(13-16)23-5-3-4-12-27-23/h3-6,10-15,18H,7-9H2,1-2H3,(H,28,29). The van der Waals surface area contributed by atoms with Crippen LogP contribution in [0.2, 0.25) is 5.02 Å². The molecule has 0 saturated heterocycles. The largest absolute Gasteiger partial charge is 0.322 e. The van der Waals surface area contributed by atoms with Crippen molar-refractivity contribution in [1.82, 2.24) is 4.98 Å². The van der Waals surface area contributed by atoms with E-state index >= 15 is 0 Å². The van der Waals surface area contributed by atoms with Crippen LogP contribution in [0.3, 0.4) is 0 Å². The molecule has 1 heterocycles. The number of hydrogen-bond donors (Lipinski definition) is 1. The summed E-state index contributed by atoms with van der Waals surface area (Å²) in [7, 11) is -2.14. The van der Waals surface area contributed by atoms with Crippen LogP contribution in [0.15, 0.2) is 65.4 Å². The highest BCUT2D eigenvalue weighted by molar-refractivity contribution is 8.04. The maximum atomic E-state index is 13.6. The topological polar surface area (TPSA) is 59.1 Å². The highest BCUT2D eigenvalue weighted by Crippen LogP contribution is 2.34. The Labute approximate surface area is 193 Å². The molecule has 4 nitrogen and oxygen atoms in total. The quantitative estimate of drug-likeness (QED) is 0.555. The molecule has 2 unspecified atom stereocenters. The van der Waals surface area contributed by atoms with E-state index in [0.717, 1.165) is 29.0 Å². The van der Waals surface area contributed by atoms with E-state index in [1.165, 1.54) is 0 Å². The molecule has 0 aliphatic heterocycles. The van der Waals surface area contributed by atoms with Gasteiger partial charge in [0.2, 0.25) is 0 Å². The normalized spacial score (nSPS) is 20.0. The van der Waals surface area contributed by atoms with Crippen LogP contribution in [0.25, 0.3) is 11.3 Å². The van der Waals surface area contributed by atoms with Gasteiger partial charge >= 0.3 is 0 Å². The van der Waals surface area contributed by atoms with Gasteiger partial charge in [-0.2, -0.15) is 0 Å². The van der Waals surface area contributed by atoms with Crippen LogP contribution in [-0.4, -0.2) is 30.5 Å². The number of allylic oxidation sites excluding steroid dienone is 1. The zero-order valence-electron chi connectivity index (χ0n) is 17.4. The number of nitrogens with one attached hydrogen (secondary N) is 1. The highest BCUT2D eigenvalue weighted by atomic mass is 35.5. The fourth-order valence-electron chi connectivity index (χ4n) is 3.88. The van der Waals surface area contributed by atoms with Gasteiger partial charge in [-0.25, -0.2) is 0 Å². The first-order valence-corrected chi connectivity index (χ1v) is 12.7. The van der Waals surface area contributed by atoms with Crippen LogP contribution in [-0.2, 0) is 14.3 Å². The van der Waals surface area contributed by atoms with Gasteiger partial charge in [-0.1, -0.05) is 49.2 Å². The molecule has 0 spiro atoms. The minimum Gasteiger partial charge on any atom is -0.322 e. The van der Waals surface area contributed by atoms with Gasteiger partial charge in [-0.05, 0) is 70.1 Å². The molecule has 0 bridgehead atoms. The molecular formula is C24H24Cl2N2O2S. The molecule has 0 radical (unpaired) electrons. The van der Waals surface area contributed by atoms with Crippen molar-refractivity contribution >= 4 is 49.2 Å². The molecule has 2 aliphatic rings. The molecule has 2 atom stereocenters. The summed E-state index contributed by atoms with van der Waals surface area (Å²) in [6, 6.07) is 10.8. The number of aromatic nitrogens is 1. The van der Waals surface area contributed by atoms with E-state index < -0.39 is 9.52 Å². The molecule has 1 saturated carbocycles. The van der Waals surface area contributed by atoms with Crippen LogP contribution >= 0.6 is 23.2 Å². The fourth-order valence-corrected chi connectivity index (χ4v) is 7.74. The van der Waals surface area contributed by atoms with Crippen molar-refractivity contribution < 1.29 is 9.00 Å². The van der Waals surface area contributed by atoms with Gasteiger partial charge < -0.3 is 5.32 Å². The lowest BCUT2D eigenvalue weighted by molar-refractivity contribution is -0.112. The summed E-state index contributed by atoms with van der Waals surface area (Å²) < 4.78 is 13.6. The predicted octanol–water partition coefficient (Wildman–Crippen LogP) is 5.82. The van der Waals surface area contributed by atoms with Crippen molar-refractivity contribution in [2.24, 2.45) is 0 Å². The number of nitrogens with zero attached hydrogens (tertiary/aromatic N) is 1. The number of anilines is 1. The number of carbonyl (C=O) groups excluding carboxylic acids is 1. The second kappa shape index (κ2) is 8.81. The van der Waals surface area contributed by atoms with E-state index in [0.29, 0.717) is 27.7 Å². The van der Waals surface area contributed by atoms with Crippen LogP contribution in [0.5, 0.6) is 0 Å². The van der Waals surface area contributed by atoms with Crippen LogP contribution in [0.4, 0.5) is 5.69 Å². The number of amides is 1. The maximum Gasteiger partial charge on any atom is 0.256 e. The first-order valence-electron chi connectivity index (χ1n) is 10.3. The van der Waals surface area contributed by atoms with Crippen molar-refractivity contribution in [3.63, 3.8) is 0 Å². The SMILES string of the molecule is CC(C)S(=O)(=C1CC1)C1C=C(Cl)C(C(=O)Nc2ccc(Cl)c(-c3ccccn3)c2)=CC1. The highest BCUT2D eigenvalue weighted by Gasteiger charge is 2.34. The maximum absolute atomic E-state index is 13.6. The Kier molecular flexibility index (Phi) is 6.29. The molecule has 1 N–H and O–H groups in total. The first kappa shape index (κ1) is 22.1. The Bertz CT molecular complexity index is 1200. The summed E-state index contributed by atoms with van der Waals surface area (Å²) in [6.07, 6.45) is 7.73. The van der Waals surface area contributed by atoms with Crippen molar-refractivity contribution in [2.75, 3.05) is 5.32 Å². The van der Waals surface area contributed by atoms with Crippen molar-refractivity contribution in [3.05, 3.63) is 70.4 Å². The van der Waals surface area contributed by atoms with Crippen molar-refractivity contribution in [2.45, 2.75) is 43.6 Å². The van der Waals surface area contributed by atoms with E-state index in [-0.39, 0.29) is 16.4 Å². The lowest BCUT2D eigenvalue weighted by Gasteiger charge is -2.26. The molecular weight excluding hydrogens is 451 g/mol. The van der Waals surface area contributed by atoms with Crippen LogP contribution in [0, 0.1) is 0 Å². The minimum atomic E-state index is -2.14.